The number of thiol groups is 1. The Morgan fingerprint density at radius 2 is 1.44 bits per heavy atom. The Balaban J connectivity index is 2.98. The van der Waals surface area contributed by atoms with Crippen LogP contribution in [0.1, 0.15) is 18.0 Å². The molecule has 0 spiro atoms. The summed E-state index contributed by atoms with van der Waals surface area (Å²) in [6.07, 6.45) is 0. The van der Waals surface area contributed by atoms with Gasteiger partial charge in [-0.15, -0.1) is 12.6 Å². The van der Waals surface area contributed by atoms with Gasteiger partial charge in [-0.25, -0.2) is 0 Å². The average molecular weight is 258 g/mol. The van der Waals surface area contributed by atoms with Crippen LogP contribution in [0.3, 0.4) is 0 Å². The first-order valence-electron chi connectivity index (χ1n) is 5.04. The Morgan fingerprint density at radius 3 is 1.81 bits per heavy atom. The lowest BCUT2D eigenvalue weighted by molar-refractivity contribution is 0.114. The Hall–Kier alpha value is -0.333. The van der Waals surface area contributed by atoms with Crippen molar-refractivity contribution in [1.29, 1.82) is 0 Å². The Labute approximate surface area is 104 Å². The molecular formula is C11H18O3SSi. The van der Waals surface area contributed by atoms with Gasteiger partial charge in [-0.1, -0.05) is 19.1 Å². The minimum Gasteiger partial charge on any atom is -0.376 e. The molecule has 0 bridgehead atoms. The van der Waals surface area contributed by atoms with Gasteiger partial charge in [0, 0.05) is 26.2 Å². The highest BCUT2D eigenvalue weighted by Crippen LogP contribution is 2.28. The van der Waals surface area contributed by atoms with Crippen LogP contribution in [0.2, 0.25) is 0 Å². The number of benzene rings is 1. The summed E-state index contributed by atoms with van der Waals surface area (Å²) in [7, 11) is 2.28. The molecule has 0 saturated heterocycles. The zero-order valence-corrected chi connectivity index (χ0v) is 12.0. The van der Waals surface area contributed by atoms with Crippen molar-refractivity contribution >= 4 is 21.4 Å². The smallest absolute Gasteiger partial charge is 0.376 e. The van der Waals surface area contributed by atoms with Gasteiger partial charge in [-0.3, -0.25) is 0 Å². The molecule has 1 aromatic carbocycles. The monoisotopic (exact) mass is 258 g/mol. The highest BCUT2D eigenvalue weighted by Gasteiger charge is 2.45. The summed E-state index contributed by atoms with van der Waals surface area (Å²) in [6, 6.07) is 7.95. The highest BCUT2D eigenvalue weighted by atomic mass is 32.1. The average Bonchev–Trinajstić information content (AvgIpc) is 2.33. The first-order valence-corrected chi connectivity index (χ1v) is 7.29. The van der Waals surface area contributed by atoms with E-state index < -0.39 is 8.80 Å². The van der Waals surface area contributed by atoms with Gasteiger partial charge in [0.15, 0.2) is 0 Å². The zero-order valence-electron chi connectivity index (χ0n) is 10.1. The van der Waals surface area contributed by atoms with Crippen LogP contribution < -0.4 is 0 Å². The van der Waals surface area contributed by atoms with Crippen LogP contribution in [0.25, 0.3) is 0 Å². The quantitative estimate of drug-likeness (QED) is 0.649. The largest absolute Gasteiger partial charge is 0.507 e. The maximum absolute atomic E-state index is 5.46. The normalized spacial score (nSPS) is 13.8. The van der Waals surface area contributed by atoms with Gasteiger partial charge in [0.2, 0.25) is 0 Å². The summed E-state index contributed by atoms with van der Waals surface area (Å²) in [4.78, 5) is 0.940. The molecule has 0 radical (unpaired) electrons. The van der Waals surface area contributed by atoms with Gasteiger partial charge in [-0.2, -0.15) is 0 Å². The van der Waals surface area contributed by atoms with E-state index in [0.29, 0.717) is 0 Å². The molecule has 0 aromatic heterocycles. The van der Waals surface area contributed by atoms with Crippen molar-refractivity contribution in [2.45, 2.75) is 17.4 Å². The van der Waals surface area contributed by atoms with E-state index in [9.17, 15) is 0 Å². The van der Waals surface area contributed by atoms with Gasteiger partial charge >= 0.3 is 8.80 Å². The minimum absolute atomic E-state index is 0.0985. The Bertz CT molecular complexity index is 316. The third-order valence-electron chi connectivity index (χ3n) is 2.78. The predicted octanol–water partition coefficient (Wildman–Crippen LogP) is 2.50. The van der Waals surface area contributed by atoms with Crippen LogP contribution in [0.5, 0.6) is 0 Å². The molecule has 0 aliphatic heterocycles. The molecule has 0 saturated carbocycles. The van der Waals surface area contributed by atoms with Gasteiger partial charge in [0.05, 0.1) is 5.54 Å². The zero-order chi connectivity index (χ0) is 12.2. The third-order valence-corrected chi connectivity index (χ3v) is 6.18. The fraction of sp³-hybridized carbons (Fsp3) is 0.455. The molecule has 0 aliphatic carbocycles. The molecular weight excluding hydrogens is 240 g/mol. The molecule has 1 unspecified atom stereocenters. The molecule has 16 heavy (non-hydrogen) atoms. The van der Waals surface area contributed by atoms with E-state index in [4.69, 9.17) is 13.3 Å². The van der Waals surface area contributed by atoms with Gasteiger partial charge < -0.3 is 13.3 Å². The van der Waals surface area contributed by atoms with Crippen molar-refractivity contribution < 1.29 is 13.3 Å². The first-order chi connectivity index (χ1) is 7.59. The van der Waals surface area contributed by atoms with Crippen molar-refractivity contribution in [3.63, 3.8) is 0 Å². The highest BCUT2D eigenvalue weighted by molar-refractivity contribution is 7.80. The summed E-state index contributed by atoms with van der Waals surface area (Å²) in [5, 5.41) is 0. The van der Waals surface area contributed by atoms with E-state index >= 15 is 0 Å². The molecule has 90 valence electrons. The second-order valence-corrected chi connectivity index (χ2v) is 7.34. The maximum Gasteiger partial charge on any atom is 0.507 e. The maximum atomic E-state index is 5.46. The molecule has 0 fully saturated rings. The number of hydrogen-bond acceptors (Lipinski definition) is 4. The molecule has 1 atom stereocenters. The summed E-state index contributed by atoms with van der Waals surface area (Å²) < 4.78 is 16.4. The van der Waals surface area contributed by atoms with Gasteiger partial charge in [0.1, 0.15) is 0 Å². The van der Waals surface area contributed by atoms with Crippen LogP contribution in [0.15, 0.2) is 29.2 Å². The van der Waals surface area contributed by atoms with Crippen LogP contribution in [-0.2, 0) is 13.3 Å². The molecule has 1 rings (SSSR count). The first kappa shape index (κ1) is 13.7. The lowest BCUT2D eigenvalue weighted by atomic mass is 10.2. The van der Waals surface area contributed by atoms with Crippen molar-refractivity contribution in [2.75, 3.05) is 21.3 Å². The predicted molar refractivity (Wildman–Crippen MR) is 68.9 cm³/mol. The van der Waals surface area contributed by atoms with E-state index in [1.54, 1.807) is 21.3 Å². The fourth-order valence-electron chi connectivity index (χ4n) is 1.75. The third kappa shape index (κ3) is 2.67. The fourth-order valence-corrected chi connectivity index (χ4v) is 4.06. The molecule has 0 heterocycles. The summed E-state index contributed by atoms with van der Waals surface area (Å²) >= 11 is 4.26. The van der Waals surface area contributed by atoms with Gasteiger partial charge in [-0.05, 0) is 17.7 Å². The second kappa shape index (κ2) is 5.84. The van der Waals surface area contributed by atoms with E-state index in [0.717, 1.165) is 10.5 Å². The van der Waals surface area contributed by atoms with Crippen molar-refractivity contribution in [3.8, 4) is 0 Å². The van der Waals surface area contributed by atoms with Crippen LogP contribution in [0.4, 0.5) is 0 Å². The molecule has 3 nitrogen and oxygen atoms in total. The molecule has 1 aromatic rings. The standard InChI is InChI=1S/C11H18O3SSi/c1-9(16(12-2,13-3)14-4)10-5-7-11(15)8-6-10/h5-9,15H,1-4H3. The van der Waals surface area contributed by atoms with Crippen LogP contribution in [-0.4, -0.2) is 30.1 Å². The van der Waals surface area contributed by atoms with Crippen molar-refractivity contribution in [3.05, 3.63) is 29.8 Å². The second-order valence-electron chi connectivity index (χ2n) is 3.53. The van der Waals surface area contributed by atoms with Gasteiger partial charge in [0.25, 0.3) is 0 Å². The van der Waals surface area contributed by atoms with Crippen molar-refractivity contribution in [2.24, 2.45) is 0 Å². The number of rotatable bonds is 5. The SMILES string of the molecule is CO[Si](OC)(OC)C(C)c1ccc(S)cc1. The van der Waals surface area contributed by atoms with Crippen LogP contribution >= 0.6 is 12.6 Å². The molecule has 0 aliphatic rings. The van der Waals surface area contributed by atoms with E-state index in [1.165, 1.54) is 0 Å². The lowest BCUT2D eigenvalue weighted by Gasteiger charge is -2.30. The Kier molecular flexibility index (Phi) is 5.01. The summed E-state index contributed by atoms with van der Waals surface area (Å²) in [6.45, 7) is 2.05. The molecule has 0 N–H and O–H groups in total. The Morgan fingerprint density at radius 1 is 1.00 bits per heavy atom. The summed E-state index contributed by atoms with van der Waals surface area (Å²) in [5.74, 6) is 0. The molecule has 5 heteroatoms. The minimum atomic E-state index is -2.60. The van der Waals surface area contributed by atoms with Crippen molar-refractivity contribution in [1.82, 2.24) is 0 Å². The van der Waals surface area contributed by atoms with Crippen LogP contribution in [0, 0.1) is 0 Å². The lowest BCUT2D eigenvalue weighted by Crippen LogP contribution is -2.48. The van der Waals surface area contributed by atoms with E-state index in [2.05, 4.69) is 19.6 Å². The number of hydrogen-bond donors (Lipinski definition) is 1. The topological polar surface area (TPSA) is 27.7 Å². The van der Waals surface area contributed by atoms with E-state index in [1.807, 2.05) is 24.3 Å². The van der Waals surface area contributed by atoms with E-state index in [-0.39, 0.29) is 5.54 Å². The molecule has 0 amide bonds. The summed E-state index contributed by atoms with van der Waals surface area (Å²) in [5.41, 5.74) is 1.23.